The van der Waals surface area contributed by atoms with Gasteiger partial charge in [0.25, 0.3) is 0 Å². The molecule has 0 saturated carbocycles. The summed E-state index contributed by atoms with van der Waals surface area (Å²) in [5.74, 6) is 0.248. The number of nitrogens with zero attached hydrogens (tertiary/aromatic N) is 1. The zero-order valence-electron chi connectivity index (χ0n) is 9.10. The lowest BCUT2D eigenvalue weighted by Gasteiger charge is -2.34. The summed E-state index contributed by atoms with van der Waals surface area (Å²) in [4.78, 5) is 23.2. The first-order valence-electron chi connectivity index (χ1n) is 5.09. The Morgan fingerprint density at radius 1 is 1.53 bits per heavy atom. The van der Waals surface area contributed by atoms with Crippen LogP contribution in [-0.4, -0.2) is 42.3 Å². The molecular formula is C10H17NO4. The number of esters is 1. The molecule has 2 unspecified atom stereocenters. The van der Waals surface area contributed by atoms with E-state index in [9.17, 15) is 9.59 Å². The van der Waals surface area contributed by atoms with E-state index >= 15 is 0 Å². The van der Waals surface area contributed by atoms with Crippen molar-refractivity contribution >= 4 is 12.1 Å². The number of piperidine rings is 1. The van der Waals surface area contributed by atoms with Crippen LogP contribution in [0.1, 0.15) is 19.8 Å². The molecule has 1 heterocycles. The summed E-state index contributed by atoms with van der Waals surface area (Å²) in [6.07, 6.45) is 0.256. The van der Waals surface area contributed by atoms with Gasteiger partial charge in [0, 0.05) is 19.5 Å². The van der Waals surface area contributed by atoms with Crippen LogP contribution in [0.2, 0.25) is 0 Å². The first-order chi connectivity index (χ1) is 7.04. The number of methoxy groups -OCH3 is 1. The number of carboxylic acid groups (broad SMARTS) is 1. The Labute approximate surface area is 89.0 Å². The van der Waals surface area contributed by atoms with Crippen molar-refractivity contribution in [2.24, 2.45) is 11.8 Å². The van der Waals surface area contributed by atoms with Crippen LogP contribution in [0.3, 0.4) is 0 Å². The minimum absolute atomic E-state index is 0.212. The summed E-state index contributed by atoms with van der Waals surface area (Å²) in [5, 5.41) is 8.80. The average molecular weight is 215 g/mol. The lowest BCUT2D eigenvalue weighted by Crippen LogP contribution is -2.42. The highest BCUT2D eigenvalue weighted by molar-refractivity contribution is 5.69. The van der Waals surface area contributed by atoms with Crippen molar-refractivity contribution in [1.29, 1.82) is 0 Å². The maximum atomic E-state index is 11.1. The topological polar surface area (TPSA) is 66.8 Å². The van der Waals surface area contributed by atoms with Crippen molar-refractivity contribution in [2.75, 3.05) is 20.2 Å². The third kappa shape index (κ3) is 3.11. The predicted octanol–water partition coefficient (Wildman–Crippen LogP) is 1.19. The lowest BCUT2D eigenvalue weighted by molar-refractivity contribution is -0.142. The van der Waals surface area contributed by atoms with Gasteiger partial charge in [-0.05, 0) is 18.3 Å². The van der Waals surface area contributed by atoms with Gasteiger partial charge in [-0.15, -0.1) is 0 Å². The summed E-state index contributed by atoms with van der Waals surface area (Å²) in [6, 6.07) is 0. The first-order valence-corrected chi connectivity index (χ1v) is 5.09. The molecule has 1 saturated heterocycles. The van der Waals surface area contributed by atoms with Gasteiger partial charge in [-0.3, -0.25) is 4.79 Å². The average Bonchev–Trinajstić information content (AvgIpc) is 2.20. The second kappa shape index (κ2) is 5.00. The van der Waals surface area contributed by atoms with E-state index in [4.69, 9.17) is 5.11 Å². The molecule has 1 aliphatic rings. The van der Waals surface area contributed by atoms with Gasteiger partial charge in [0.2, 0.25) is 0 Å². The summed E-state index contributed by atoms with van der Waals surface area (Å²) in [5.41, 5.74) is 0. The van der Waals surface area contributed by atoms with Crippen LogP contribution in [0, 0.1) is 11.8 Å². The molecule has 1 aliphatic heterocycles. The molecule has 0 aromatic carbocycles. The second-order valence-corrected chi connectivity index (χ2v) is 4.03. The molecule has 1 amide bonds. The summed E-state index contributed by atoms with van der Waals surface area (Å²) < 4.78 is 4.61. The minimum atomic E-state index is -0.877. The Balaban J connectivity index is 2.45. The highest BCUT2D eigenvalue weighted by atomic mass is 16.5. The van der Waals surface area contributed by atoms with E-state index in [1.165, 1.54) is 12.0 Å². The van der Waals surface area contributed by atoms with Crippen molar-refractivity contribution in [1.82, 2.24) is 4.90 Å². The van der Waals surface area contributed by atoms with Crippen LogP contribution in [0.25, 0.3) is 0 Å². The van der Waals surface area contributed by atoms with Gasteiger partial charge in [-0.2, -0.15) is 0 Å². The van der Waals surface area contributed by atoms with Crippen molar-refractivity contribution in [3.8, 4) is 0 Å². The van der Waals surface area contributed by atoms with Crippen LogP contribution in [-0.2, 0) is 9.53 Å². The van der Waals surface area contributed by atoms with E-state index < -0.39 is 6.09 Å². The normalized spacial score (nSPS) is 26.1. The molecule has 2 atom stereocenters. The second-order valence-electron chi connectivity index (χ2n) is 4.03. The SMILES string of the molecule is COC(=O)CC1CCN(C(=O)O)CC1C. The number of likely N-dealkylation sites (tertiary alicyclic amines) is 1. The fourth-order valence-corrected chi connectivity index (χ4v) is 1.97. The van der Waals surface area contributed by atoms with Crippen LogP contribution in [0.5, 0.6) is 0 Å². The minimum Gasteiger partial charge on any atom is -0.469 e. The standard InChI is InChI=1S/C10H17NO4/c1-7-6-11(10(13)14)4-3-8(7)5-9(12)15-2/h7-8H,3-6H2,1-2H3,(H,13,14). The highest BCUT2D eigenvalue weighted by Crippen LogP contribution is 2.26. The van der Waals surface area contributed by atoms with Gasteiger partial charge in [0.15, 0.2) is 0 Å². The van der Waals surface area contributed by atoms with E-state index in [1.807, 2.05) is 6.92 Å². The maximum absolute atomic E-state index is 11.1. The van der Waals surface area contributed by atoms with Crippen molar-refractivity contribution in [3.05, 3.63) is 0 Å². The molecule has 5 nitrogen and oxygen atoms in total. The fourth-order valence-electron chi connectivity index (χ4n) is 1.97. The highest BCUT2D eigenvalue weighted by Gasteiger charge is 2.29. The Bertz CT molecular complexity index is 254. The lowest BCUT2D eigenvalue weighted by atomic mass is 9.84. The number of hydrogen-bond donors (Lipinski definition) is 1. The molecule has 1 rings (SSSR count). The molecule has 1 N–H and O–H groups in total. The number of hydrogen-bond acceptors (Lipinski definition) is 3. The maximum Gasteiger partial charge on any atom is 0.407 e. The van der Waals surface area contributed by atoms with E-state index in [-0.39, 0.29) is 17.8 Å². The summed E-state index contributed by atoms with van der Waals surface area (Å²) in [6.45, 7) is 3.00. The third-order valence-electron chi connectivity index (χ3n) is 3.01. The third-order valence-corrected chi connectivity index (χ3v) is 3.01. The van der Waals surface area contributed by atoms with Gasteiger partial charge >= 0.3 is 12.1 Å². The Morgan fingerprint density at radius 2 is 2.20 bits per heavy atom. The molecule has 0 radical (unpaired) electrons. The molecule has 0 bridgehead atoms. The van der Waals surface area contributed by atoms with E-state index in [0.717, 1.165) is 6.42 Å². The molecule has 15 heavy (non-hydrogen) atoms. The summed E-state index contributed by atoms with van der Waals surface area (Å²) >= 11 is 0. The van der Waals surface area contributed by atoms with Crippen molar-refractivity contribution in [3.63, 3.8) is 0 Å². The van der Waals surface area contributed by atoms with Crippen molar-refractivity contribution in [2.45, 2.75) is 19.8 Å². The largest absolute Gasteiger partial charge is 0.469 e. The van der Waals surface area contributed by atoms with Gasteiger partial charge in [-0.25, -0.2) is 4.79 Å². The van der Waals surface area contributed by atoms with Gasteiger partial charge in [0.1, 0.15) is 0 Å². The number of rotatable bonds is 2. The Hall–Kier alpha value is -1.26. The van der Waals surface area contributed by atoms with E-state index in [0.29, 0.717) is 19.5 Å². The zero-order chi connectivity index (χ0) is 11.4. The van der Waals surface area contributed by atoms with Gasteiger partial charge in [0.05, 0.1) is 7.11 Å². The van der Waals surface area contributed by atoms with Crippen LogP contribution >= 0.6 is 0 Å². The molecular weight excluding hydrogens is 198 g/mol. The number of carbonyl (C=O) groups excluding carboxylic acids is 1. The molecule has 86 valence electrons. The van der Waals surface area contributed by atoms with E-state index in [1.54, 1.807) is 0 Å². The summed E-state index contributed by atoms with van der Waals surface area (Å²) in [7, 11) is 1.37. The number of amides is 1. The number of carbonyl (C=O) groups is 2. The molecule has 1 fully saturated rings. The van der Waals surface area contributed by atoms with Gasteiger partial charge in [-0.1, -0.05) is 6.92 Å². The molecule has 0 aromatic heterocycles. The fraction of sp³-hybridized carbons (Fsp3) is 0.800. The Morgan fingerprint density at radius 3 is 2.67 bits per heavy atom. The van der Waals surface area contributed by atoms with Gasteiger partial charge < -0.3 is 14.7 Å². The van der Waals surface area contributed by atoms with Crippen molar-refractivity contribution < 1.29 is 19.4 Å². The predicted molar refractivity (Wildman–Crippen MR) is 53.5 cm³/mol. The molecule has 5 heteroatoms. The smallest absolute Gasteiger partial charge is 0.407 e. The van der Waals surface area contributed by atoms with Crippen LogP contribution in [0.4, 0.5) is 4.79 Å². The number of ether oxygens (including phenoxy) is 1. The molecule has 0 aliphatic carbocycles. The molecule has 0 spiro atoms. The monoisotopic (exact) mass is 215 g/mol. The Kier molecular flexibility index (Phi) is 3.94. The molecule has 0 aromatic rings. The van der Waals surface area contributed by atoms with E-state index in [2.05, 4.69) is 4.74 Å². The van der Waals surface area contributed by atoms with Crippen LogP contribution < -0.4 is 0 Å². The zero-order valence-corrected chi connectivity index (χ0v) is 9.10. The first kappa shape index (κ1) is 11.8. The quantitative estimate of drug-likeness (QED) is 0.702. The van der Waals surface area contributed by atoms with Crippen LogP contribution in [0.15, 0.2) is 0 Å².